The Balaban J connectivity index is 3.03. The van der Waals surface area contributed by atoms with Crippen molar-refractivity contribution in [3.05, 3.63) is 24.3 Å². The van der Waals surface area contributed by atoms with Crippen LogP contribution in [0.2, 0.25) is 0 Å². The molecular formula is C10H17N3O2S. The van der Waals surface area contributed by atoms with Gasteiger partial charge in [0.15, 0.2) is 0 Å². The fourth-order valence-corrected chi connectivity index (χ4v) is 2.46. The number of hydrogen-bond donors (Lipinski definition) is 2. The Morgan fingerprint density at radius 1 is 1.31 bits per heavy atom. The second-order valence-corrected chi connectivity index (χ2v) is 5.54. The summed E-state index contributed by atoms with van der Waals surface area (Å²) in [5.41, 5.74) is 6.61. The molecule has 0 fully saturated rings. The van der Waals surface area contributed by atoms with E-state index in [0.29, 0.717) is 11.4 Å². The third-order valence-corrected chi connectivity index (χ3v) is 3.71. The van der Waals surface area contributed by atoms with E-state index in [1.54, 1.807) is 38.1 Å². The minimum absolute atomic E-state index is 0.155. The number of benzene rings is 1. The number of nitrogens with one attached hydrogen (secondary N) is 1. The van der Waals surface area contributed by atoms with Crippen LogP contribution in [0.1, 0.15) is 13.8 Å². The summed E-state index contributed by atoms with van der Waals surface area (Å²) in [6.45, 7) is 3.53. The molecule has 0 unspecified atom stereocenters. The van der Waals surface area contributed by atoms with Crippen LogP contribution in [0.15, 0.2) is 24.3 Å². The van der Waals surface area contributed by atoms with Crippen LogP contribution in [0.5, 0.6) is 0 Å². The molecule has 0 saturated carbocycles. The second-order valence-electron chi connectivity index (χ2n) is 3.80. The van der Waals surface area contributed by atoms with Crippen molar-refractivity contribution in [1.29, 1.82) is 0 Å². The molecule has 1 aromatic rings. The number of nitrogens with two attached hydrogens (primary N) is 1. The van der Waals surface area contributed by atoms with Gasteiger partial charge in [0.2, 0.25) is 0 Å². The van der Waals surface area contributed by atoms with Crippen molar-refractivity contribution in [3.63, 3.8) is 0 Å². The maximum absolute atomic E-state index is 11.9. The predicted octanol–water partition coefficient (Wildman–Crippen LogP) is 0.948. The minimum Gasteiger partial charge on any atom is -0.397 e. The molecule has 90 valence electrons. The number of anilines is 2. The lowest BCUT2D eigenvalue weighted by molar-refractivity contribution is 0.568. The zero-order valence-electron chi connectivity index (χ0n) is 9.64. The second kappa shape index (κ2) is 4.71. The first kappa shape index (κ1) is 12.8. The van der Waals surface area contributed by atoms with Gasteiger partial charge in [0.1, 0.15) is 0 Å². The first-order chi connectivity index (χ1) is 7.34. The van der Waals surface area contributed by atoms with Crippen molar-refractivity contribution >= 4 is 21.6 Å². The van der Waals surface area contributed by atoms with Crippen LogP contribution in [0, 0.1) is 0 Å². The molecule has 1 rings (SSSR count). The van der Waals surface area contributed by atoms with Crippen molar-refractivity contribution in [3.8, 4) is 0 Å². The highest BCUT2D eigenvalue weighted by atomic mass is 32.2. The number of rotatable bonds is 4. The number of para-hydroxylation sites is 2. The molecule has 16 heavy (non-hydrogen) atoms. The Bertz CT molecular complexity index is 457. The number of hydrogen-bond acceptors (Lipinski definition) is 3. The topological polar surface area (TPSA) is 75.4 Å². The SMILES string of the molecule is CC(C)NS(=O)(=O)N(C)c1ccccc1N. The van der Waals surface area contributed by atoms with Crippen LogP contribution in [0.25, 0.3) is 0 Å². The predicted molar refractivity (Wildman–Crippen MR) is 66.4 cm³/mol. The molecule has 0 radical (unpaired) electrons. The number of nitrogen functional groups attached to an aromatic ring is 1. The molecular weight excluding hydrogens is 226 g/mol. The lowest BCUT2D eigenvalue weighted by atomic mass is 10.3. The lowest BCUT2D eigenvalue weighted by Crippen LogP contribution is -2.41. The Hall–Kier alpha value is -1.27. The molecule has 1 aromatic carbocycles. The highest BCUT2D eigenvalue weighted by molar-refractivity contribution is 7.90. The summed E-state index contributed by atoms with van der Waals surface area (Å²) in [7, 11) is -2.06. The van der Waals surface area contributed by atoms with E-state index < -0.39 is 10.2 Å². The zero-order valence-corrected chi connectivity index (χ0v) is 10.5. The summed E-state index contributed by atoms with van der Waals surface area (Å²) in [5.74, 6) is 0. The molecule has 0 amide bonds. The highest BCUT2D eigenvalue weighted by Gasteiger charge is 2.20. The van der Waals surface area contributed by atoms with Crippen LogP contribution in [0.4, 0.5) is 11.4 Å². The van der Waals surface area contributed by atoms with E-state index in [2.05, 4.69) is 4.72 Å². The summed E-state index contributed by atoms with van der Waals surface area (Å²) < 4.78 is 27.3. The highest BCUT2D eigenvalue weighted by Crippen LogP contribution is 2.22. The van der Waals surface area contributed by atoms with Gasteiger partial charge >= 0.3 is 10.2 Å². The van der Waals surface area contributed by atoms with Gasteiger partial charge in [-0.1, -0.05) is 12.1 Å². The average Bonchev–Trinajstić information content (AvgIpc) is 2.15. The maximum atomic E-state index is 11.9. The molecule has 0 heterocycles. The molecule has 0 aromatic heterocycles. The van der Waals surface area contributed by atoms with Crippen molar-refractivity contribution in [2.24, 2.45) is 0 Å². The van der Waals surface area contributed by atoms with Crippen LogP contribution < -0.4 is 14.8 Å². The molecule has 0 aliphatic rings. The summed E-state index contributed by atoms with van der Waals surface area (Å²) in [4.78, 5) is 0. The van der Waals surface area contributed by atoms with Gasteiger partial charge in [0, 0.05) is 13.1 Å². The molecule has 3 N–H and O–H groups in total. The Labute approximate surface area is 96.4 Å². The van der Waals surface area contributed by atoms with E-state index in [1.807, 2.05) is 0 Å². The van der Waals surface area contributed by atoms with Gasteiger partial charge in [-0.15, -0.1) is 0 Å². The monoisotopic (exact) mass is 243 g/mol. The van der Waals surface area contributed by atoms with E-state index in [-0.39, 0.29) is 6.04 Å². The van der Waals surface area contributed by atoms with Crippen molar-refractivity contribution < 1.29 is 8.42 Å². The largest absolute Gasteiger partial charge is 0.397 e. The van der Waals surface area contributed by atoms with Crippen LogP contribution >= 0.6 is 0 Å². The summed E-state index contributed by atoms with van der Waals surface area (Å²) >= 11 is 0. The molecule has 0 saturated heterocycles. The molecule has 0 aliphatic carbocycles. The third-order valence-electron chi connectivity index (χ3n) is 2.02. The fraction of sp³-hybridized carbons (Fsp3) is 0.400. The van der Waals surface area contributed by atoms with E-state index in [0.717, 1.165) is 4.31 Å². The maximum Gasteiger partial charge on any atom is 0.301 e. The van der Waals surface area contributed by atoms with Gasteiger partial charge in [-0.2, -0.15) is 13.1 Å². The molecule has 0 aliphatic heterocycles. The molecule has 5 nitrogen and oxygen atoms in total. The van der Waals surface area contributed by atoms with Crippen molar-refractivity contribution in [1.82, 2.24) is 4.72 Å². The Morgan fingerprint density at radius 3 is 2.38 bits per heavy atom. The standard InChI is InChI=1S/C10H17N3O2S/c1-8(2)12-16(14,15)13(3)10-7-5-4-6-9(10)11/h4-8,12H,11H2,1-3H3. The lowest BCUT2D eigenvalue weighted by Gasteiger charge is -2.22. The summed E-state index contributed by atoms with van der Waals surface area (Å²) in [6.07, 6.45) is 0. The smallest absolute Gasteiger partial charge is 0.301 e. The summed E-state index contributed by atoms with van der Waals surface area (Å²) in [5, 5.41) is 0. The normalized spacial score (nSPS) is 11.8. The minimum atomic E-state index is -3.53. The Morgan fingerprint density at radius 2 is 1.88 bits per heavy atom. The Kier molecular flexibility index (Phi) is 3.77. The van der Waals surface area contributed by atoms with Gasteiger partial charge in [-0.25, -0.2) is 0 Å². The van der Waals surface area contributed by atoms with Crippen molar-refractivity contribution in [2.75, 3.05) is 17.1 Å². The van der Waals surface area contributed by atoms with Gasteiger partial charge in [0.05, 0.1) is 11.4 Å². The molecule has 0 atom stereocenters. The van der Waals surface area contributed by atoms with E-state index in [1.165, 1.54) is 7.05 Å². The first-order valence-corrected chi connectivity index (χ1v) is 6.39. The van der Waals surface area contributed by atoms with Gasteiger partial charge in [-0.3, -0.25) is 4.31 Å². The van der Waals surface area contributed by atoms with Gasteiger partial charge in [-0.05, 0) is 26.0 Å². The molecule has 0 spiro atoms. The van der Waals surface area contributed by atoms with E-state index in [9.17, 15) is 8.42 Å². The van der Waals surface area contributed by atoms with Crippen LogP contribution in [-0.2, 0) is 10.2 Å². The van der Waals surface area contributed by atoms with Gasteiger partial charge in [0.25, 0.3) is 0 Å². The first-order valence-electron chi connectivity index (χ1n) is 4.95. The van der Waals surface area contributed by atoms with Crippen LogP contribution in [0.3, 0.4) is 0 Å². The van der Waals surface area contributed by atoms with E-state index >= 15 is 0 Å². The molecule has 0 bridgehead atoms. The summed E-state index contributed by atoms with van der Waals surface area (Å²) in [6, 6.07) is 6.67. The quantitative estimate of drug-likeness (QED) is 0.773. The van der Waals surface area contributed by atoms with Crippen LogP contribution in [-0.4, -0.2) is 21.5 Å². The molecule has 6 heteroatoms. The van der Waals surface area contributed by atoms with Crippen molar-refractivity contribution in [2.45, 2.75) is 19.9 Å². The third kappa shape index (κ3) is 2.86. The fourth-order valence-electron chi connectivity index (χ4n) is 1.28. The van der Waals surface area contributed by atoms with E-state index in [4.69, 9.17) is 5.73 Å². The van der Waals surface area contributed by atoms with Gasteiger partial charge < -0.3 is 5.73 Å². The average molecular weight is 243 g/mol. The zero-order chi connectivity index (χ0) is 12.3. The number of nitrogens with zero attached hydrogens (tertiary/aromatic N) is 1.